The maximum Gasteiger partial charge on any atom is 0.405 e. The fourth-order valence-corrected chi connectivity index (χ4v) is 2.82. The smallest absolute Gasteiger partial charge is 0.405 e. The van der Waals surface area contributed by atoms with Crippen LogP contribution in [0.5, 0.6) is 17.2 Å². The lowest BCUT2D eigenvalue weighted by atomic mass is 9.95. The molecule has 10 heteroatoms. The SMILES string of the molecule is CN(C)CCOc1cc([N+](=O)[O-])ccc1Oc1ccc(CC(C)(C)NC(=O)O)c(F)c1. The van der Waals surface area contributed by atoms with E-state index in [1.54, 1.807) is 19.9 Å². The first-order valence-corrected chi connectivity index (χ1v) is 9.50. The van der Waals surface area contributed by atoms with Crippen molar-refractivity contribution >= 4 is 11.8 Å². The zero-order valence-electron chi connectivity index (χ0n) is 17.8. The van der Waals surface area contributed by atoms with Gasteiger partial charge in [-0.1, -0.05) is 6.07 Å². The van der Waals surface area contributed by atoms with E-state index in [9.17, 15) is 19.3 Å². The fraction of sp³-hybridized carbons (Fsp3) is 0.381. The van der Waals surface area contributed by atoms with Crippen LogP contribution in [0.2, 0.25) is 0 Å². The highest BCUT2D eigenvalue weighted by atomic mass is 19.1. The molecule has 168 valence electrons. The molecule has 0 atom stereocenters. The zero-order chi connectivity index (χ0) is 23.2. The van der Waals surface area contributed by atoms with Crippen LogP contribution in [0.1, 0.15) is 19.4 Å². The summed E-state index contributed by atoms with van der Waals surface area (Å²) in [5.74, 6) is 0.00280. The summed E-state index contributed by atoms with van der Waals surface area (Å²) < 4.78 is 26.0. The molecule has 1 amide bonds. The highest BCUT2D eigenvalue weighted by molar-refractivity contribution is 5.65. The summed E-state index contributed by atoms with van der Waals surface area (Å²) in [7, 11) is 3.73. The second-order valence-electron chi connectivity index (χ2n) is 7.89. The van der Waals surface area contributed by atoms with Gasteiger partial charge in [-0.05, 0) is 52.1 Å². The third-order valence-corrected chi connectivity index (χ3v) is 4.26. The number of non-ortho nitro benzene ring substituents is 1. The van der Waals surface area contributed by atoms with Crippen molar-refractivity contribution in [2.24, 2.45) is 0 Å². The van der Waals surface area contributed by atoms with Crippen molar-refractivity contribution in [2.75, 3.05) is 27.2 Å². The summed E-state index contributed by atoms with van der Waals surface area (Å²) in [5.41, 5.74) is -0.694. The maximum absolute atomic E-state index is 14.6. The number of rotatable bonds is 10. The Labute approximate surface area is 179 Å². The van der Waals surface area contributed by atoms with Crippen LogP contribution in [-0.2, 0) is 6.42 Å². The van der Waals surface area contributed by atoms with Crippen LogP contribution >= 0.6 is 0 Å². The molecule has 2 aromatic rings. The van der Waals surface area contributed by atoms with Gasteiger partial charge in [0, 0.05) is 24.2 Å². The third kappa shape index (κ3) is 7.41. The molecule has 0 saturated heterocycles. The number of carbonyl (C=O) groups is 1. The van der Waals surface area contributed by atoms with E-state index >= 15 is 0 Å². The Kier molecular flexibility index (Phi) is 7.76. The summed E-state index contributed by atoms with van der Waals surface area (Å²) >= 11 is 0. The molecule has 0 unspecified atom stereocenters. The first-order valence-electron chi connectivity index (χ1n) is 9.50. The van der Waals surface area contributed by atoms with Gasteiger partial charge in [-0.3, -0.25) is 10.1 Å². The molecule has 2 N–H and O–H groups in total. The van der Waals surface area contributed by atoms with Gasteiger partial charge in [0.05, 0.1) is 11.0 Å². The van der Waals surface area contributed by atoms with Gasteiger partial charge in [0.25, 0.3) is 5.69 Å². The molecular formula is C21H26FN3O6. The van der Waals surface area contributed by atoms with Gasteiger partial charge >= 0.3 is 6.09 Å². The summed E-state index contributed by atoms with van der Waals surface area (Å²) in [4.78, 5) is 23.3. The first-order chi connectivity index (χ1) is 14.5. The van der Waals surface area contributed by atoms with Crippen LogP contribution in [0.3, 0.4) is 0 Å². The van der Waals surface area contributed by atoms with Gasteiger partial charge in [-0.15, -0.1) is 0 Å². The van der Waals surface area contributed by atoms with Crippen molar-refractivity contribution in [3.63, 3.8) is 0 Å². The Hall–Kier alpha value is -3.40. The Balaban J connectivity index is 2.22. The number of nitrogens with zero attached hydrogens (tertiary/aromatic N) is 2. The Morgan fingerprint density at radius 2 is 1.94 bits per heavy atom. The van der Waals surface area contributed by atoms with Gasteiger partial charge in [0.2, 0.25) is 0 Å². The molecular weight excluding hydrogens is 409 g/mol. The van der Waals surface area contributed by atoms with Crippen LogP contribution in [-0.4, -0.2) is 53.8 Å². The number of hydrogen-bond acceptors (Lipinski definition) is 6. The fourth-order valence-electron chi connectivity index (χ4n) is 2.82. The monoisotopic (exact) mass is 435 g/mol. The molecule has 9 nitrogen and oxygen atoms in total. The Morgan fingerprint density at radius 1 is 1.23 bits per heavy atom. The standard InChI is InChI=1S/C21H26FN3O6/c1-21(2,23-20(26)27)13-14-5-7-16(12-17(14)22)31-18-8-6-15(25(28)29)11-19(18)30-10-9-24(3)4/h5-8,11-12,23H,9-10,13H2,1-4H3,(H,26,27). The van der Waals surface area contributed by atoms with E-state index in [1.807, 2.05) is 19.0 Å². The highest BCUT2D eigenvalue weighted by Crippen LogP contribution is 2.35. The summed E-state index contributed by atoms with van der Waals surface area (Å²) in [6.07, 6.45) is -1.05. The van der Waals surface area contributed by atoms with Crippen molar-refractivity contribution in [1.82, 2.24) is 10.2 Å². The molecule has 0 bridgehead atoms. The predicted molar refractivity (Wildman–Crippen MR) is 113 cm³/mol. The molecule has 0 saturated carbocycles. The number of hydrogen-bond donors (Lipinski definition) is 2. The number of benzene rings is 2. The number of halogens is 1. The highest BCUT2D eigenvalue weighted by Gasteiger charge is 2.23. The summed E-state index contributed by atoms with van der Waals surface area (Å²) in [6.45, 7) is 4.17. The van der Waals surface area contributed by atoms with Crippen molar-refractivity contribution < 1.29 is 28.7 Å². The minimum atomic E-state index is -1.19. The predicted octanol–water partition coefficient (Wildman–Crippen LogP) is 4.06. The van der Waals surface area contributed by atoms with E-state index < -0.39 is 22.4 Å². The van der Waals surface area contributed by atoms with Crippen molar-refractivity contribution in [3.8, 4) is 17.2 Å². The molecule has 2 aromatic carbocycles. The van der Waals surface area contributed by atoms with E-state index in [0.717, 1.165) is 0 Å². The quantitative estimate of drug-likeness (QED) is 0.427. The number of amides is 1. The van der Waals surface area contributed by atoms with E-state index in [0.29, 0.717) is 12.1 Å². The number of carboxylic acid groups (broad SMARTS) is 1. The zero-order valence-corrected chi connectivity index (χ0v) is 17.8. The minimum absolute atomic E-state index is 0.141. The minimum Gasteiger partial charge on any atom is -0.488 e. The number of ether oxygens (including phenoxy) is 2. The van der Waals surface area contributed by atoms with Gasteiger partial charge < -0.3 is 24.8 Å². The summed E-state index contributed by atoms with van der Waals surface area (Å²) in [6, 6.07) is 8.16. The van der Waals surface area contributed by atoms with Crippen LogP contribution < -0.4 is 14.8 Å². The number of nitro groups is 1. The van der Waals surface area contributed by atoms with Gasteiger partial charge in [0.15, 0.2) is 11.5 Å². The molecule has 0 spiro atoms. The molecule has 0 fully saturated rings. The van der Waals surface area contributed by atoms with Crippen molar-refractivity contribution in [3.05, 3.63) is 57.9 Å². The number of nitro benzene ring substituents is 1. The molecule has 0 aliphatic heterocycles. The average Bonchev–Trinajstić information content (AvgIpc) is 2.63. The van der Waals surface area contributed by atoms with Crippen LogP contribution in [0.15, 0.2) is 36.4 Å². The lowest BCUT2D eigenvalue weighted by molar-refractivity contribution is -0.385. The molecule has 31 heavy (non-hydrogen) atoms. The summed E-state index contributed by atoms with van der Waals surface area (Å²) in [5, 5.41) is 22.3. The van der Waals surface area contributed by atoms with E-state index in [-0.39, 0.29) is 36.0 Å². The van der Waals surface area contributed by atoms with Crippen LogP contribution in [0.25, 0.3) is 0 Å². The Bertz CT molecular complexity index is 949. The van der Waals surface area contributed by atoms with E-state index in [1.165, 1.54) is 30.3 Å². The van der Waals surface area contributed by atoms with Crippen LogP contribution in [0, 0.1) is 15.9 Å². The normalized spacial score (nSPS) is 11.3. The van der Waals surface area contributed by atoms with E-state index in [4.69, 9.17) is 14.6 Å². The average molecular weight is 435 g/mol. The van der Waals surface area contributed by atoms with Gasteiger partial charge in [0.1, 0.15) is 18.2 Å². The number of nitrogens with one attached hydrogen (secondary N) is 1. The van der Waals surface area contributed by atoms with Crippen LogP contribution in [0.4, 0.5) is 14.9 Å². The second-order valence-corrected chi connectivity index (χ2v) is 7.89. The van der Waals surface area contributed by atoms with Gasteiger partial charge in [-0.2, -0.15) is 0 Å². The molecule has 0 heterocycles. The third-order valence-electron chi connectivity index (χ3n) is 4.26. The molecule has 0 aromatic heterocycles. The van der Waals surface area contributed by atoms with Gasteiger partial charge in [-0.25, -0.2) is 9.18 Å². The Morgan fingerprint density at radius 3 is 2.52 bits per heavy atom. The largest absolute Gasteiger partial charge is 0.488 e. The van der Waals surface area contributed by atoms with E-state index in [2.05, 4.69) is 5.32 Å². The molecule has 0 aliphatic carbocycles. The second kappa shape index (κ2) is 10.1. The molecule has 0 radical (unpaired) electrons. The molecule has 2 rings (SSSR count). The van der Waals surface area contributed by atoms with Crippen molar-refractivity contribution in [2.45, 2.75) is 25.8 Å². The lowest BCUT2D eigenvalue weighted by Crippen LogP contribution is -2.44. The topological polar surface area (TPSA) is 114 Å². The van der Waals surface area contributed by atoms with Crippen molar-refractivity contribution in [1.29, 1.82) is 0 Å². The maximum atomic E-state index is 14.6. The number of likely N-dealkylation sites (N-methyl/N-ethyl adjacent to an activating group) is 1. The lowest BCUT2D eigenvalue weighted by Gasteiger charge is -2.25. The molecule has 0 aliphatic rings. The first kappa shape index (κ1) is 23.9.